The van der Waals surface area contributed by atoms with Crippen molar-refractivity contribution in [3.63, 3.8) is 0 Å². The number of fused-ring (bicyclic) bond motifs is 10. The number of ketones is 14. The van der Waals surface area contributed by atoms with Crippen molar-refractivity contribution in [3.05, 3.63) is 267 Å². The summed E-state index contributed by atoms with van der Waals surface area (Å²) in [6, 6.07) is 28.8. The molecule has 774 valence electrons. The Labute approximate surface area is 851 Å². The molecule has 45 heteroatoms. The summed E-state index contributed by atoms with van der Waals surface area (Å²) in [4.78, 5) is 169. The fourth-order valence-electron chi connectivity index (χ4n) is 21.2. The second kappa shape index (κ2) is 40.6. The first-order valence-electron chi connectivity index (χ1n) is 46.3. The van der Waals surface area contributed by atoms with E-state index in [4.69, 9.17) is 0 Å². The minimum Gasteiger partial charge on any atom is -0.290 e. The molecule has 16 aliphatic rings. The van der Waals surface area contributed by atoms with E-state index >= 15 is 0 Å². The molecule has 0 bridgehead atoms. The van der Waals surface area contributed by atoms with E-state index in [0.717, 1.165) is 67.4 Å². The summed E-state index contributed by atoms with van der Waals surface area (Å²) in [5, 5.41) is 12.3. The van der Waals surface area contributed by atoms with Gasteiger partial charge in [0, 0.05) is 47.7 Å². The van der Waals surface area contributed by atoms with Crippen molar-refractivity contribution >= 4 is 168 Å². The first-order valence-corrected chi connectivity index (χ1v) is 58.0. The van der Waals surface area contributed by atoms with Gasteiger partial charge in [-0.15, -0.1) is 0 Å². The van der Waals surface area contributed by atoms with Crippen LogP contribution in [0.1, 0.15) is 121 Å². The summed E-state index contributed by atoms with van der Waals surface area (Å²) in [5.41, 5.74) is 9.23. The largest absolute Gasteiger partial charge is 0.290 e. The summed E-state index contributed by atoms with van der Waals surface area (Å²) in [6.45, 7) is 21.6. The average Bonchev–Trinajstić information content (AvgIpc) is 1.57. The molecule has 16 atom stereocenters. The molecule has 0 amide bonds. The Balaban J connectivity index is 0.000000138. The zero-order chi connectivity index (χ0) is 108. The summed E-state index contributed by atoms with van der Waals surface area (Å²) in [6.07, 6.45) is 23.8. The Hall–Kier alpha value is -13.6. The van der Waals surface area contributed by atoms with Gasteiger partial charge in [-0.25, -0.2) is 50.5 Å². The fraction of sp³-hybridized carbons (Fsp3) is 0.363. The van der Waals surface area contributed by atoms with E-state index in [2.05, 4.69) is 28.3 Å². The van der Waals surface area contributed by atoms with Crippen LogP contribution in [0.5, 0.6) is 0 Å². The van der Waals surface area contributed by atoms with Crippen LogP contribution in [0.2, 0.25) is 0 Å². The summed E-state index contributed by atoms with van der Waals surface area (Å²) in [5.74, 6) is -12.6. The predicted octanol–water partition coefficient (Wildman–Crippen LogP) is 7.59. The molecular formula is C102H106N10O28S7. The van der Waals surface area contributed by atoms with Crippen molar-refractivity contribution in [2.24, 2.45) is 68.6 Å². The van der Waals surface area contributed by atoms with Gasteiger partial charge in [0.2, 0.25) is 121 Å². The highest BCUT2D eigenvalue weighted by Gasteiger charge is 2.59. The van der Waals surface area contributed by atoms with Crippen LogP contribution >= 0.6 is 0 Å². The Morgan fingerprint density at radius 2 is 0.660 bits per heavy atom. The van der Waals surface area contributed by atoms with Gasteiger partial charge in [-0.2, -0.15) is 37.0 Å². The van der Waals surface area contributed by atoms with Crippen LogP contribution in [0.25, 0.3) is 0 Å². The van der Waals surface area contributed by atoms with Crippen molar-refractivity contribution in [1.82, 2.24) is 30.5 Å². The molecule has 20 rings (SSSR count). The molecular weight excluding hydrogens is 2040 g/mol. The van der Waals surface area contributed by atoms with Crippen molar-refractivity contribution in [3.8, 4) is 0 Å². The van der Waals surface area contributed by atoms with Crippen molar-refractivity contribution < 1.29 is 126 Å². The fourth-order valence-corrected chi connectivity index (χ4v) is 29.8. The SMILES string of the molecule is CC1=CC(=O)C(=O)C2C(C)=NN(S(C)(=O)=O)C12.CC1=CC2C(C(=O)C1=O)C(C)=CN2S(=O)(=O)c1ccccc1.CC1=CC2C(C(=O)C1=O)C(C)=CN2S(C)(=O)=O.CC1=CC2C(C(=O)C1=O)C(C)=NN2S(C)(=O)=O.CC1=CN(S(=O)(=O)c2ccccc2)C2C(C)=CC(=O)C(=O)C12.CC1=CN(S(C)(=O)=O)C2C(C)=CC(=O)C(=O)C12.CC1CCCC2C1=CCC1=C2C(=O)C(=O)C2C(c3ccccc3)=NN(S(=O)(=O)c3ccccc3)C12. The molecule has 38 nitrogen and oxygen atoms in total. The van der Waals surface area contributed by atoms with Crippen LogP contribution in [0.4, 0.5) is 0 Å². The van der Waals surface area contributed by atoms with Crippen LogP contribution < -0.4 is 0 Å². The molecule has 0 radical (unpaired) electrons. The molecule has 1 saturated carbocycles. The highest BCUT2D eigenvalue weighted by molar-refractivity contribution is 7.90. The second-order valence-electron chi connectivity index (χ2n) is 38.5. The maximum atomic E-state index is 13.8. The smallest absolute Gasteiger partial charge is 0.279 e. The average molecular weight is 2140 g/mol. The van der Waals surface area contributed by atoms with Gasteiger partial charge < -0.3 is 0 Å². The number of carbonyl (C=O) groups excluding carboxylic acids is 14. The van der Waals surface area contributed by atoms with Crippen molar-refractivity contribution in [1.29, 1.82) is 0 Å². The summed E-state index contributed by atoms with van der Waals surface area (Å²) in [7, 11) is -25.5. The van der Waals surface area contributed by atoms with Gasteiger partial charge in [0.05, 0.1) is 117 Å². The lowest BCUT2D eigenvalue weighted by Crippen LogP contribution is -2.50. The zero-order valence-electron chi connectivity index (χ0n) is 82.7. The Morgan fingerprint density at radius 1 is 0.306 bits per heavy atom. The zero-order valence-corrected chi connectivity index (χ0v) is 88.4. The molecule has 0 aromatic heterocycles. The van der Waals surface area contributed by atoms with Crippen LogP contribution in [-0.4, -0.2) is 255 Å². The van der Waals surface area contributed by atoms with Gasteiger partial charge in [0.15, 0.2) is 0 Å². The van der Waals surface area contributed by atoms with E-state index in [0.29, 0.717) is 90.8 Å². The van der Waals surface area contributed by atoms with E-state index in [1.165, 1.54) is 125 Å². The molecule has 0 spiro atoms. The van der Waals surface area contributed by atoms with Gasteiger partial charge in [-0.1, -0.05) is 128 Å². The first-order chi connectivity index (χ1) is 68.5. The number of rotatable bonds is 11. The normalized spacial score (nSPS) is 27.6. The molecule has 147 heavy (non-hydrogen) atoms. The van der Waals surface area contributed by atoms with Crippen LogP contribution in [0.15, 0.2) is 291 Å². The van der Waals surface area contributed by atoms with Crippen molar-refractivity contribution in [2.75, 3.05) is 25.0 Å². The highest BCUT2D eigenvalue weighted by Crippen LogP contribution is 2.52. The quantitative estimate of drug-likeness (QED) is 0.103. The monoisotopic (exact) mass is 2140 g/mol. The lowest BCUT2D eigenvalue weighted by atomic mass is 9.63. The summed E-state index contributed by atoms with van der Waals surface area (Å²) < 4.78 is 179. The van der Waals surface area contributed by atoms with E-state index < -0.39 is 235 Å². The third-order valence-corrected chi connectivity index (χ3v) is 37.6. The molecule has 9 aliphatic carbocycles. The van der Waals surface area contributed by atoms with E-state index in [1.54, 1.807) is 141 Å². The Morgan fingerprint density at radius 3 is 1.11 bits per heavy atom. The number of allylic oxidation sites excluding steroid dienone is 9. The maximum Gasteiger partial charge on any atom is 0.279 e. The van der Waals surface area contributed by atoms with Gasteiger partial charge in [-0.3, -0.25) is 84.3 Å². The van der Waals surface area contributed by atoms with Crippen LogP contribution in [0.3, 0.4) is 0 Å². The highest BCUT2D eigenvalue weighted by atomic mass is 32.2. The lowest BCUT2D eigenvalue weighted by Gasteiger charge is -2.41. The number of hydrogen-bond acceptors (Lipinski definition) is 31. The number of Topliss-reactive ketones (excluding diaryl/α,β-unsaturated/α-hetero) is 11. The van der Waals surface area contributed by atoms with Gasteiger partial charge in [0.1, 0.15) is 12.1 Å². The minimum absolute atomic E-state index is 0.109. The number of nitrogens with zero attached hydrogens (tertiary/aromatic N) is 10. The molecule has 4 aromatic rings. The summed E-state index contributed by atoms with van der Waals surface area (Å²) >= 11 is 0. The molecule has 0 N–H and O–H groups in total. The van der Waals surface area contributed by atoms with Gasteiger partial charge in [-0.05, 0) is 230 Å². The standard InChI is InChI=1S/C28H26N2O4S.2C16H15NO4S.2C11H13NO4S.2C10H12N2O4S/c1-17-9-8-14-21-20(17)15-16-22-23(21)27(31)28(32)24-25(18-10-4-2-5-11-18)29-30(26(22)24)35(33,34)19-12-6-3-7-13-19;1-10-8-13(18)16(19)14-11(2)9-17(15(10)14)22(20,21)12-6-4-3-5-7-12;1-10-8-13-14(16(19)15(10)18)11(2)9-17(13)22(20,21)12-6-4-3-5-7-12;1-6-4-8(13)11(14)9-7(2)5-12(10(6)9)17(3,15)16;1-6-4-8-9(11(14)10(6)13)7(2)5-12(8)17(3,15)16;1-5-4-7(13)10(14)8-6(2)11-12(9(5)8)17(3,15)16;1-5-4-7-8(10(14)9(5)13)6(2)11-12(7)17(3,15)16/h2-7,10-13,15,17,21,24,26H,8-9,14,16H2,1H3;3-9,14-15H,1-2H3;3-9,13-14H,1-2H3;4-5,9-10H,1-3H3;4-5,8-9H,1-3H3;4,8-9H,1-3H3;4,7-8H,1-3H3. The number of benzene rings is 4. The third kappa shape index (κ3) is 20.3. The molecule has 1 fully saturated rings. The van der Waals surface area contributed by atoms with Gasteiger partial charge in [0.25, 0.3) is 30.1 Å². The number of sulfonamides is 7. The Bertz CT molecular complexity index is 7680. The number of hydrogen-bond donors (Lipinski definition) is 0. The van der Waals surface area contributed by atoms with E-state index in [1.807, 2.05) is 18.2 Å². The lowest BCUT2D eigenvalue weighted by molar-refractivity contribution is -0.137. The van der Waals surface area contributed by atoms with E-state index in [9.17, 15) is 126 Å². The predicted molar refractivity (Wildman–Crippen MR) is 537 cm³/mol. The van der Waals surface area contributed by atoms with E-state index in [-0.39, 0.29) is 26.2 Å². The first kappa shape index (κ1) is 109. The topological polar surface area (TPSA) is 538 Å². The minimum atomic E-state index is -4.05. The van der Waals surface area contributed by atoms with Crippen LogP contribution in [0, 0.1) is 53.3 Å². The molecule has 0 saturated heterocycles. The molecule has 7 heterocycles. The maximum absolute atomic E-state index is 13.8. The number of hydrazone groups is 3. The van der Waals surface area contributed by atoms with Crippen molar-refractivity contribution in [2.45, 2.75) is 173 Å². The Kier molecular flexibility index (Phi) is 30.1. The van der Waals surface area contributed by atoms with Gasteiger partial charge >= 0.3 is 0 Å². The second-order valence-corrected chi connectivity index (χ2v) is 51.4. The van der Waals surface area contributed by atoms with Crippen LogP contribution in [-0.2, 0) is 137 Å². The third-order valence-electron chi connectivity index (χ3n) is 28.2. The molecule has 7 aliphatic heterocycles. The molecule has 16 unspecified atom stereocenters. The molecule has 4 aromatic carbocycles. The number of carbonyl (C=O) groups is 14.